The fourth-order valence-electron chi connectivity index (χ4n) is 2.69. The van der Waals surface area contributed by atoms with Gasteiger partial charge in [0.25, 0.3) is 8.32 Å². The molecule has 2 atom stereocenters. The molecule has 0 saturated carbocycles. The molecule has 25 heavy (non-hydrogen) atoms. The molecule has 0 aromatic rings. The third kappa shape index (κ3) is 6.91. The Morgan fingerprint density at radius 1 is 1.08 bits per heavy atom. The second-order valence-electron chi connectivity index (χ2n) is 10.6. The van der Waals surface area contributed by atoms with E-state index in [1.807, 2.05) is 54.6 Å². The summed E-state index contributed by atoms with van der Waals surface area (Å²) in [6, 6.07) is -0.0810. The fraction of sp³-hybridized carbons (Fsp3) is 0.947. The molecule has 0 bridgehead atoms. The van der Waals surface area contributed by atoms with Gasteiger partial charge in [-0.2, -0.15) is 0 Å². The van der Waals surface area contributed by atoms with E-state index in [0.717, 1.165) is 0 Å². The Balaban J connectivity index is 4.84. The molecule has 0 aromatic carbocycles. The molecule has 0 aliphatic carbocycles. The Morgan fingerprint density at radius 3 is 1.88 bits per heavy atom. The van der Waals surface area contributed by atoms with Gasteiger partial charge in [-0.25, -0.2) is 9.37 Å². The predicted molar refractivity (Wildman–Crippen MR) is 106 cm³/mol. The molecule has 0 radical (unpaired) electrons. The molecule has 0 fully saturated rings. The Kier molecular flexibility index (Phi) is 7.78. The van der Waals surface area contributed by atoms with Gasteiger partial charge in [-0.1, -0.05) is 55.4 Å². The fourth-order valence-corrected chi connectivity index (χ4v) is 3.22. The second kappa shape index (κ2) is 7.97. The van der Waals surface area contributed by atoms with Crippen LogP contribution >= 0.6 is 0 Å². The van der Waals surface area contributed by atoms with Gasteiger partial charge in [0.05, 0.1) is 6.10 Å². The topological polar surface area (TPSA) is 59.0 Å². The average Bonchev–Trinajstić information content (AvgIpc) is 2.40. The molecule has 5 nitrogen and oxygen atoms in total. The third-order valence-electron chi connectivity index (χ3n) is 5.46. The van der Waals surface area contributed by atoms with Gasteiger partial charge >= 0.3 is 6.09 Å². The average molecular weight is 376 g/mol. The monoisotopic (exact) mass is 375 g/mol. The summed E-state index contributed by atoms with van der Waals surface area (Å²) in [6.07, 6.45) is -0.300. The molecule has 150 valence electrons. The molecular formula is C19H41NO4Si. The Morgan fingerprint density at radius 2 is 1.52 bits per heavy atom. The summed E-state index contributed by atoms with van der Waals surface area (Å²) in [5.74, 6) is 0. The lowest BCUT2D eigenvalue weighted by atomic mass is 9.70. The lowest BCUT2D eigenvalue weighted by Gasteiger charge is -2.41. The Bertz CT molecular complexity index is 449. The number of hydrogen-bond donors (Lipinski definition) is 1. The van der Waals surface area contributed by atoms with E-state index in [-0.39, 0.29) is 21.9 Å². The summed E-state index contributed by atoms with van der Waals surface area (Å²) < 4.78 is 5.56. The van der Waals surface area contributed by atoms with Gasteiger partial charge in [-0.05, 0) is 42.3 Å². The number of hydrogen-bond acceptors (Lipinski definition) is 4. The molecule has 0 aliphatic heterocycles. The number of carbonyl (C=O) groups excluding carboxylic acids is 1. The molecule has 1 N–H and O–H groups in total. The molecule has 0 spiro atoms. The number of nitrogens with zero attached hydrogens (tertiary/aromatic N) is 1. The number of aliphatic hydroxyl groups excluding tert-OH is 1. The van der Waals surface area contributed by atoms with Crippen molar-refractivity contribution < 1.29 is 19.4 Å². The van der Waals surface area contributed by atoms with Crippen LogP contribution in [0.1, 0.15) is 68.7 Å². The number of carbonyl (C=O) groups is 1. The quantitative estimate of drug-likeness (QED) is 0.393. The first-order valence-electron chi connectivity index (χ1n) is 9.13. The first-order valence-corrected chi connectivity index (χ1v) is 12.0. The summed E-state index contributed by atoms with van der Waals surface area (Å²) in [4.78, 5) is 19.0. The third-order valence-corrected chi connectivity index (χ3v) is 9.57. The molecule has 2 unspecified atom stereocenters. The van der Waals surface area contributed by atoms with Crippen molar-refractivity contribution in [2.24, 2.45) is 10.8 Å². The van der Waals surface area contributed by atoms with Gasteiger partial charge < -0.3 is 10.0 Å². The maximum atomic E-state index is 12.3. The van der Waals surface area contributed by atoms with Crippen molar-refractivity contribution in [2.75, 3.05) is 7.05 Å². The van der Waals surface area contributed by atoms with E-state index >= 15 is 0 Å². The van der Waals surface area contributed by atoms with Crippen LogP contribution in [0.2, 0.25) is 18.1 Å². The molecule has 0 heterocycles. The van der Waals surface area contributed by atoms with E-state index in [1.165, 1.54) is 0 Å². The van der Waals surface area contributed by atoms with E-state index in [9.17, 15) is 9.90 Å². The van der Waals surface area contributed by atoms with Crippen LogP contribution in [-0.2, 0) is 9.46 Å². The summed E-state index contributed by atoms with van der Waals surface area (Å²) in [5.41, 5.74) is -0.541. The maximum Gasteiger partial charge on any atom is 0.440 e. The molecule has 0 aromatic heterocycles. The molecular weight excluding hydrogens is 334 g/mol. The van der Waals surface area contributed by atoms with E-state index < -0.39 is 20.5 Å². The molecule has 6 heteroatoms. The highest BCUT2D eigenvalue weighted by molar-refractivity contribution is 6.73. The highest BCUT2D eigenvalue weighted by atomic mass is 28.4. The minimum Gasteiger partial charge on any atom is -0.392 e. The highest BCUT2D eigenvalue weighted by Crippen LogP contribution is 2.38. The van der Waals surface area contributed by atoms with Gasteiger partial charge in [-0.3, -0.25) is 4.89 Å². The first-order chi connectivity index (χ1) is 10.8. The number of aliphatic hydroxyl groups is 1. The van der Waals surface area contributed by atoms with Crippen molar-refractivity contribution in [2.45, 2.75) is 99.0 Å². The lowest BCUT2D eigenvalue weighted by Crippen LogP contribution is -2.47. The summed E-state index contributed by atoms with van der Waals surface area (Å²) in [6.45, 7) is 22.4. The van der Waals surface area contributed by atoms with Crippen LogP contribution in [0.15, 0.2) is 0 Å². The van der Waals surface area contributed by atoms with Crippen LogP contribution in [0.4, 0.5) is 4.79 Å². The van der Waals surface area contributed by atoms with Crippen LogP contribution in [0.3, 0.4) is 0 Å². The van der Waals surface area contributed by atoms with Gasteiger partial charge in [-0.15, -0.1) is 0 Å². The maximum absolute atomic E-state index is 12.3. The van der Waals surface area contributed by atoms with E-state index in [2.05, 4.69) is 20.8 Å². The zero-order valence-corrected chi connectivity index (χ0v) is 19.5. The van der Waals surface area contributed by atoms with Crippen LogP contribution in [0.5, 0.6) is 0 Å². The van der Waals surface area contributed by atoms with Crippen molar-refractivity contribution in [3.8, 4) is 0 Å². The Labute approximate surface area is 156 Å². The van der Waals surface area contributed by atoms with Crippen molar-refractivity contribution in [1.29, 1.82) is 0 Å². The van der Waals surface area contributed by atoms with Crippen molar-refractivity contribution >= 4 is 14.4 Å². The largest absolute Gasteiger partial charge is 0.440 e. The van der Waals surface area contributed by atoms with Crippen molar-refractivity contribution in [3.63, 3.8) is 0 Å². The summed E-state index contributed by atoms with van der Waals surface area (Å²) >= 11 is 0. The van der Waals surface area contributed by atoms with Gasteiger partial charge in [0.1, 0.15) is 0 Å². The highest BCUT2D eigenvalue weighted by Gasteiger charge is 2.41. The molecule has 0 saturated heterocycles. The first kappa shape index (κ1) is 24.4. The lowest BCUT2D eigenvalue weighted by molar-refractivity contribution is -0.169. The summed E-state index contributed by atoms with van der Waals surface area (Å²) in [7, 11) is -0.438. The number of rotatable bonds is 6. The predicted octanol–water partition coefficient (Wildman–Crippen LogP) is 5.20. The van der Waals surface area contributed by atoms with E-state index in [1.54, 1.807) is 11.9 Å². The Hall–Kier alpha value is -0.593. The van der Waals surface area contributed by atoms with Crippen LogP contribution in [0, 0.1) is 10.8 Å². The summed E-state index contributed by atoms with van der Waals surface area (Å²) in [5, 5.41) is 10.6. The van der Waals surface area contributed by atoms with Crippen molar-refractivity contribution in [1.82, 2.24) is 4.90 Å². The van der Waals surface area contributed by atoms with Gasteiger partial charge in [0, 0.05) is 13.1 Å². The van der Waals surface area contributed by atoms with Crippen LogP contribution in [0.25, 0.3) is 0 Å². The SMILES string of the molecule is CC(CC(C)(C)C(O)C(C)(C)C)N(C)C(=O)OO[Si](C)(C)C(C)(C)C. The van der Waals surface area contributed by atoms with Crippen LogP contribution < -0.4 is 0 Å². The number of amides is 1. The van der Waals surface area contributed by atoms with Gasteiger partial charge in [0.2, 0.25) is 0 Å². The van der Waals surface area contributed by atoms with Crippen LogP contribution in [-0.4, -0.2) is 43.6 Å². The van der Waals surface area contributed by atoms with Crippen molar-refractivity contribution in [3.05, 3.63) is 0 Å². The van der Waals surface area contributed by atoms with Gasteiger partial charge in [0.15, 0.2) is 0 Å². The standard InChI is InChI=1S/C19H41NO4Si/c1-14(13-19(8,9)15(21)17(2,3)4)20(10)16(22)23-24-25(11,12)18(5,6)7/h14-15,21H,13H2,1-12H3. The second-order valence-corrected chi connectivity index (χ2v) is 15.3. The zero-order chi connectivity index (χ0) is 20.4. The molecule has 1 amide bonds. The minimum atomic E-state index is -2.15. The molecule has 0 aliphatic rings. The smallest absolute Gasteiger partial charge is 0.392 e. The minimum absolute atomic E-state index is 0.0315. The van der Waals surface area contributed by atoms with E-state index in [0.29, 0.717) is 6.42 Å². The normalized spacial score (nSPS) is 16.4. The zero-order valence-electron chi connectivity index (χ0n) is 18.5. The van der Waals surface area contributed by atoms with E-state index in [4.69, 9.17) is 9.46 Å². The molecule has 0 rings (SSSR count).